The number of benzene rings is 5. The maximum absolute atomic E-state index is 14.4. The minimum atomic E-state index is -1.18. The van der Waals surface area contributed by atoms with E-state index in [1.807, 2.05) is 168 Å². The van der Waals surface area contributed by atoms with Crippen molar-refractivity contribution in [3.63, 3.8) is 0 Å². The number of thiazole rings is 2. The van der Waals surface area contributed by atoms with Gasteiger partial charge < -0.3 is 35.4 Å². The van der Waals surface area contributed by atoms with Crippen molar-refractivity contribution in [2.45, 2.75) is 105 Å². The molecule has 1 fully saturated rings. The van der Waals surface area contributed by atoms with Crippen molar-refractivity contribution in [2.24, 2.45) is 11.3 Å². The fourth-order valence-electron chi connectivity index (χ4n) is 10.8. The SMILES string of the molecule is Cc1ncsc1-c1ccc(C(C)NC(=O)C2CC(O)CN2C(=O)C(NC(=O)C(C)CCc2ccc(Oc3cccc(-c4ccc(N5CCc6cccc(C(=O)Nc7nc8ccccc8s7)c6C5)nc4C(=O)O)c3C)cc2)C(C)(C)C)cc1. The summed E-state index contributed by atoms with van der Waals surface area (Å²) in [5, 5.41) is 30.9. The lowest BCUT2D eigenvalue weighted by molar-refractivity contribution is -0.144. The van der Waals surface area contributed by atoms with E-state index in [1.165, 1.54) is 16.2 Å². The van der Waals surface area contributed by atoms with Gasteiger partial charge in [-0.25, -0.2) is 19.7 Å². The number of likely N-dealkylation sites (tertiary alicyclic amines) is 1. The third kappa shape index (κ3) is 12.4. The molecule has 0 saturated carbocycles. The number of fused-ring (bicyclic) bond motifs is 2. The number of carbonyl (C=O) groups is 5. The second kappa shape index (κ2) is 24.0. The van der Waals surface area contributed by atoms with E-state index < -0.39 is 41.4 Å². The number of aliphatic hydroxyl groups is 1. The van der Waals surface area contributed by atoms with Gasteiger partial charge in [-0.05, 0) is 133 Å². The maximum atomic E-state index is 14.4. The summed E-state index contributed by atoms with van der Waals surface area (Å²) in [5.74, 6) is -1.39. The van der Waals surface area contributed by atoms with E-state index in [4.69, 9.17) is 9.72 Å². The van der Waals surface area contributed by atoms with E-state index >= 15 is 0 Å². The first-order valence-corrected chi connectivity index (χ1v) is 29.2. The van der Waals surface area contributed by atoms with E-state index in [0.29, 0.717) is 71.5 Å². The van der Waals surface area contributed by atoms with E-state index in [9.17, 15) is 34.2 Å². The van der Waals surface area contributed by atoms with Crippen LogP contribution in [0.15, 0.2) is 127 Å². The topological polar surface area (TPSA) is 216 Å². The lowest BCUT2D eigenvalue weighted by atomic mass is 9.85. The van der Waals surface area contributed by atoms with Gasteiger partial charge in [-0.2, -0.15) is 0 Å². The summed E-state index contributed by atoms with van der Waals surface area (Å²) in [4.78, 5) is 86.8. The normalized spacial score (nSPS) is 16.2. The number of amides is 4. The maximum Gasteiger partial charge on any atom is 0.355 e. The van der Waals surface area contributed by atoms with Crippen molar-refractivity contribution in [1.82, 2.24) is 30.5 Å². The van der Waals surface area contributed by atoms with Crippen LogP contribution in [0.3, 0.4) is 0 Å². The molecule has 0 spiro atoms. The van der Waals surface area contributed by atoms with Crippen LogP contribution in [0.1, 0.15) is 108 Å². The fourth-order valence-corrected chi connectivity index (χ4v) is 12.4. The minimum Gasteiger partial charge on any atom is -0.476 e. The number of anilines is 2. The number of aromatic carboxylic acids is 1. The van der Waals surface area contributed by atoms with Crippen LogP contribution in [0, 0.1) is 25.2 Å². The molecule has 2 aliphatic heterocycles. The standard InChI is InChI=1S/C64H66N8O8S2/c1-36(58(74)69-57(64(5,6)7)61(77)72-33-44(73)32-51(72)60(76)66-38(3)41-22-24-43(25-23-41)56-39(4)65-35-81-56)18-19-40-20-26-45(27-21-40)80-52-16-11-13-46(37(52)2)47-28-29-54(68-55(47)62(78)79)71-31-30-42-12-10-14-48(49(42)34-71)59(75)70-63-67-50-15-8-9-17-53(50)82-63/h8-17,20-29,35-36,38,44,51,57,73H,18-19,30-34H2,1-7H3,(H,66,76)(H,69,74)(H,78,79)(H,67,70,75). The Morgan fingerprint density at radius 2 is 1.60 bits per heavy atom. The molecule has 0 bridgehead atoms. The van der Waals surface area contributed by atoms with Gasteiger partial charge in [0.1, 0.15) is 29.4 Å². The zero-order valence-corrected chi connectivity index (χ0v) is 48.5. The number of carbonyl (C=O) groups excluding carboxylic acids is 4. The number of pyridine rings is 1. The second-order valence-electron chi connectivity index (χ2n) is 22.4. The van der Waals surface area contributed by atoms with Crippen molar-refractivity contribution < 1.29 is 38.9 Å². The highest BCUT2D eigenvalue weighted by atomic mass is 32.1. The molecule has 16 nitrogen and oxygen atoms in total. The first-order valence-electron chi connectivity index (χ1n) is 27.5. The number of aromatic nitrogens is 3. The Balaban J connectivity index is 0.746. The third-order valence-corrected chi connectivity index (χ3v) is 17.4. The molecule has 18 heteroatoms. The molecule has 5 unspecified atom stereocenters. The van der Waals surface area contributed by atoms with Gasteiger partial charge in [0.25, 0.3) is 5.91 Å². The number of ether oxygens (including phenoxy) is 1. The average molecular weight is 1140 g/mol. The molecule has 10 rings (SSSR count). The van der Waals surface area contributed by atoms with Crippen LogP contribution < -0.4 is 25.6 Å². The van der Waals surface area contributed by atoms with E-state index in [-0.39, 0.29) is 42.4 Å². The number of para-hydroxylation sites is 1. The Morgan fingerprint density at radius 1 is 0.841 bits per heavy atom. The number of aryl methyl sites for hydroxylation is 2. The highest BCUT2D eigenvalue weighted by Crippen LogP contribution is 2.37. The molecular formula is C64H66N8O8S2. The van der Waals surface area contributed by atoms with Gasteiger partial charge in [0.05, 0.1) is 38.4 Å². The smallest absolute Gasteiger partial charge is 0.355 e. The number of rotatable bonds is 17. The van der Waals surface area contributed by atoms with Crippen molar-refractivity contribution in [2.75, 3.05) is 23.3 Å². The van der Waals surface area contributed by atoms with Gasteiger partial charge in [-0.3, -0.25) is 24.5 Å². The number of carboxylic acids is 1. The first-order chi connectivity index (χ1) is 39.3. The zero-order valence-electron chi connectivity index (χ0n) is 46.9. The summed E-state index contributed by atoms with van der Waals surface area (Å²) < 4.78 is 7.38. The largest absolute Gasteiger partial charge is 0.476 e. The predicted octanol–water partition coefficient (Wildman–Crippen LogP) is 11.3. The molecule has 3 aromatic heterocycles. The van der Waals surface area contributed by atoms with Crippen LogP contribution >= 0.6 is 22.7 Å². The van der Waals surface area contributed by atoms with Gasteiger partial charge >= 0.3 is 5.97 Å². The van der Waals surface area contributed by atoms with Gasteiger partial charge in [0.2, 0.25) is 17.7 Å². The molecule has 422 valence electrons. The Morgan fingerprint density at radius 3 is 2.32 bits per heavy atom. The predicted molar refractivity (Wildman–Crippen MR) is 320 cm³/mol. The number of hydrogen-bond donors (Lipinski definition) is 5. The summed E-state index contributed by atoms with van der Waals surface area (Å²) in [6.07, 6.45) is 0.889. The van der Waals surface area contributed by atoms with Crippen LogP contribution in [0.5, 0.6) is 11.5 Å². The van der Waals surface area contributed by atoms with Crippen molar-refractivity contribution in [3.8, 4) is 33.1 Å². The van der Waals surface area contributed by atoms with Crippen LogP contribution in [0.2, 0.25) is 0 Å². The molecule has 5 N–H and O–H groups in total. The Kier molecular flexibility index (Phi) is 16.7. The van der Waals surface area contributed by atoms with Gasteiger partial charge in [0, 0.05) is 43.1 Å². The molecule has 2 aliphatic rings. The molecule has 1 saturated heterocycles. The molecule has 0 aliphatic carbocycles. The molecule has 8 aromatic rings. The van der Waals surface area contributed by atoms with Crippen molar-refractivity contribution in [1.29, 1.82) is 0 Å². The van der Waals surface area contributed by atoms with Crippen LogP contribution in [-0.2, 0) is 33.8 Å². The van der Waals surface area contributed by atoms with Crippen LogP contribution in [0.4, 0.5) is 10.9 Å². The van der Waals surface area contributed by atoms with Crippen molar-refractivity contribution in [3.05, 3.63) is 172 Å². The number of β-amino-alcohol motifs (C(OH)–C–C–N with tert-alkyl or cyclic N) is 1. The zero-order chi connectivity index (χ0) is 58.0. The first kappa shape index (κ1) is 56.9. The number of nitrogens with zero attached hydrogens (tertiary/aromatic N) is 5. The van der Waals surface area contributed by atoms with Gasteiger partial charge in [-0.15, -0.1) is 11.3 Å². The minimum absolute atomic E-state index is 0.0241. The molecule has 5 heterocycles. The lowest BCUT2D eigenvalue weighted by Gasteiger charge is -2.36. The van der Waals surface area contributed by atoms with E-state index in [1.54, 1.807) is 23.5 Å². The Bertz CT molecular complexity index is 3670. The molecular weight excluding hydrogens is 1070 g/mol. The van der Waals surface area contributed by atoms with Crippen LogP contribution in [-0.4, -0.2) is 90.9 Å². The fraction of sp³-hybridized carbons (Fsp3) is 0.312. The van der Waals surface area contributed by atoms with Gasteiger partial charge in [-0.1, -0.05) is 112 Å². The molecule has 82 heavy (non-hydrogen) atoms. The van der Waals surface area contributed by atoms with E-state index in [0.717, 1.165) is 54.2 Å². The Labute approximate surface area is 484 Å². The number of aliphatic hydroxyl groups excluding tert-OH is 1. The summed E-state index contributed by atoms with van der Waals surface area (Å²) in [6.45, 7) is 14.1. The van der Waals surface area contributed by atoms with Crippen molar-refractivity contribution >= 4 is 73.4 Å². The molecule has 5 atom stereocenters. The summed E-state index contributed by atoms with van der Waals surface area (Å²) in [6, 6.07) is 35.8. The van der Waals surface area contributed by atoms with Crippen LogP contribution in [0.25, 0.3) is 31.8 Å². The summed E-state index contributed by atoms with van der Waals surface area (Å²) in [5.41, 5.74) is 9.92. The second-order valence-corrected chi connectivity index (χ2v) is 24.2. The number of hydrogen-bond acceptors (Lipinski definition) is 13. The monoisotopic (exact) mass is 1140 g/mol. The number of carboxylic acid groups (broad SMARTS) is 1. The molecule has 0 radical (unpaired) electrons. The average Bonchev–Trinajstić information content (AvgIpc) is 4.33. The van der Waals surface area contributed by atoms with E-state index in [2.05, 4.69) is 25.9 Å². The molecule has 5 aromatic carbocycles. The van der Waals surface area contributed by atoms with Gasteiger partial charge in [0.15, 0.2) is 10.8 Å². The highest BCUT2D eigenvalue weighted by molar-refractivity contribution is 7.22. The Hall–Kier alpha value is -8.32. The summed E-state index contributed by atoms with van der Waals surface area (Å²) >= 11 is 2.98. The third-order valence-electron chi connectivity index (χ3n) is 15.5. The quantitative estimate of drug-likeness (QED) is 0.0576. The summed E-state index contributed by atoms with van der Waals surface area (Å²) in [7, 11) is 0. The number of nitrogens with one attached hydrogen (secondary N) is 3. The lowest BCUT2D eigenvalue weighted by Crippen LogP contribution is -2.58. The highest BCUT2D eigenvalue weighted by Gasteiger charge is 2.45. The molecule has 4 amide bonds.